The average Bonchev–Trinajstić information content (AvgIpc) is 2.85. The number of halogens is 1. The topological polar surface area (TPSA) is 76.6 Å². The lowest BCUT2D eigenvalue weighted by molar-refractivity contribution is -0.114. The summed E-state index contributed by atoms with van der Waals surface area (Å²) in [7, 11) is 0. The molecule has 3 aromatic carbocycles. The van der Waals surface area contributed by atoms with E-state index in [9.17, 15) is 9.18 Å². The maximum Gasteiger partial charge on any atom is 0.250 e. The lowest BCUT2D eigenvalue weighted by Gasteiger charge is -2.29. The molecule has 0 bridgehead atoms. The Kier molecular flexibility index (Phi) is 5.32. The summed E-state index contributed by atoms with van der Waals surface area (Å²) < 4.78 is 24.8. The molecule has 7 nitrogen and oxygen atoms in total. The van der Waals surface area contributed by atoms with Crippen LogP contribution in [0.1, 0.15) is 0 Å². The number of hydrogen-bond acceptors (Lipinski definition) is 6. The zero-order valence-electron chi connectivity index (χ0n) is 17.5. The van der Waals surface area contributed by atoms with Crippen LogP contribution in [0.3, 0.4) is 0 Å². The second kappa shape index (κ2) is 8.58. The molecule has 0 atom stereocenters. The van der Waals surface area contributed by atoms with E-state index in [1.807, 2.05) is 24.3 Å². The van der Waals surface area contributed by atoms with Crippen LogP contribution in [-0.2, 0) is 4.79 Å². The van der Waals surface area contributed by atoms with Crippen LogP contribution in [0, 0.1) is 5.82 Å². The SMILES string of the molecule is C=CC(=O)N1CCOc2c1ccc1ncnc(Nc3ccc(Oc4ccc(F)cc4)cc3)c21. The molecular weight excluding hydrogens is 423 g/mol. The minimum Gasteiger partial charge on any atom is -0.489 e. The van der Waals surface area contributed by atoms with Gasteiger partial charge in [-0.05, 0) is 66.7 Å². The Hall–Kier alpha value is -4.46. The lowest BCUT2D eigenvalue weighted by Crippen LogP contribution is -2.36. The van der Waals surface area contributed by atoms with Crippen molar-refractivity contribution >= 4 is 34.0 Å². The molecule has 0 spiro atoms. The molecule has 2 heterocycles. The van der Waals surface area contributed by atoms with Gasteiger partial charge in [-0.2, -0.15) is 0 Å². The van der Waals surface area contributed by atoms with Gasteiger partial charge in [0.15, 0.2) is 5.75 Å². The smallest absolute Gasteiger partial charge is 0.250 e. The fraction of sp³-hybridized carbons (Fsp3) is 0.0800. The number of amides is 1. The molecule has 1 N–H and O–H groups in total. The highest BCUT2D eigenvalue weighted by atomic mass is 19.1. The van der Waals surface area contributed by atoms with Gasteiger partial charge in [-0.15, -0.1) is 0 Å². The molecule has 0 fully saturated rings. The van der Waals surface area contributed by atoms with E-state index in [1.54, 1.807) is 29.2 Å². The number of aromatic nitrogens is 2. The Bertz CT molecular complexity index is 1340. The second-order valence-electron chi connectivity index (χ2n) is 7.28. The molecule has 1 aliphatic heterocycles. The van der Waals surface area contributed by atoms with E-state index >= 15 is 0 Å². The first kappa shape index (κ1) is 20.4. The molecule has 5 rings (SSSR count). The average molecular weight is 442 g/mol. The van der Waals surface area contributed by atoms with Gasteiger partial charge in [0.1, 0.15) is 36.1 Å². The monoisotopic (exact) mass is 442 g/mol. The van der Waals surface area contributed by atoms with Crippen molar-refractivity contribution in [3.05, 3.63) is 85.5 Å². The van der Waals surface area contributed by atoms with Gasteiger partial charge in [-0.1, -0.05) is 6.58 Å². The van der Waals surface area contributed by atoms with Crippen molar-refractivity contribution in [2.24, 2.45) is 0 Å². The van der Waals surface area contributed by atoms with Crippen LogP contribution >= 0.6 is 0 Å². The summed E-state index contributed by atoms with van der Waals surface area (Å²) in [5.74, 6) is 1.75. The van der Waals surface area contributed by atoms with Crippen molar-refractivity contribution in [2.45, 2.75) is 0 Å². The van der Waals surface area contributed by atoms with Crippen LogP contribution < -0.4 is 19.7 Å². The van der Waals surface area contributed by atoms with Gasteiger partial charge in [-0.3, -0.25) is 4.79 Å². The van der Waals surface area contributed by atoms with Crippen molar-refractivity contribution in [1.82, 2.24) is 9.97 Å². The zero-order valence-corrected chi connectivity index (χ0v) is 17.5. The Morgan fingerprint density at radius 1 is 1.06 bits per heavy atom. The van der Waals surface area contributed by atoms with E-state index in [4.69, 9.17) is 9.47 Å². The largest absolute Gasteiger partial charge is 0.489 e. The molecule has 0 radical (unpaired) electrons. The Morgan fingerprint density at radius 3 is 2.52 bits per heavy atom. The highest BCUT2D eigenvalue weighted by molar-refractivity contribution is 6.07. The summed E-state index contributed by atoms with van der Waals surface area (Å²) in [4.78, 5) is 22.7. The van der Waals surface area contributed by atoms with Gasteiger partial charge in [0.2, 0.25) is 0 Å². The van der Waals surface area contributed by atoms with Crippen LogP contribution in [0.2, 0.25) is 0 Å². The summed E-state index contributed by atoms with van der Waals surface area (Å²) in [6.07, 6.45) is 2.76. The van der Waals surface area contributed by atoms with E-state index in [0.29, 0.717) is 52.8 Å². The number of hydrogen-bond donors (Lipinski definition) is 1. The molecule has 0 aliphatic carbocycles. The first-order valence-corrected chi connectivity index (χ1v) is 10.3. The number of carbonyl (C=O) groups is 1. The van der Waals surface area contributed by atoms with Crippen molar-refractivity contribution in [3.63, 3.8) is 0 Å². The summed E-state index contributed by atoms with van der Waals surface area (Å²) >= 11 is 0. The standard InChI is InChI=1S/C25H19FN4O3/c1-2-22(31)30-13-14-32-24-21(30)12-11-20-23(24)25(28-15-27-20)29-17-5-9-19(10-6-17)33-18-7-3-16(26)4-8-18/h2-12,15H,1,13-14H2,(H,27,28,29). The third kappa shape index (κ3) is 4.06. The molecule has 33 heavy (non-hydrogen) atoms. The van der Waals surface area contributed by atoms with E-state index in [1.165, 1.54) is 24.5 Å². The fourth-order valence-corrected chi connectivity index (χ4v) is 3.64. The van der Waals surface area contributed by atoms with Gasteiger partial charge in [0.25, 0.3) is 5.91 Å². The van der Waals surface area contributed by atoms with E-state index in [0.717, 1.165) is 5.69 Å². The third-order valence-electron chi connectivity index (χ3n) is 5.19. The third-order valence-corrected chi connectivity index (χ3v) is 5.19. The van der Waals surface area contributed by atoms with Gasteiger partial charge in [0.05, 0.1) is 23.1 Å². The Labute approximate surface area is 189 Å². The molecular formula is C25H19FN4O3. The molecule has 0 saturated carbocycles. The number of anilines is 3. The van der Waals surface area contributed by atoms with Crippen molar-refractivity contribution < 1.29 is 18.7 Å². The molecule has 4 aromatic rings. The highest BCUT2D eigenvalue weighted by Gasteiger charge is 2.25. The molecule has 0 unspecified atom stereocenters. The van der Waals surface area contributed by atoms with Gasteiger partial charge in [0, 0.05) is 5.69 Å². The minimum absolute atomic E-state index is 0.193. The van der Waals surface area contributed by atoms with E-state index in [-0.39, 0.29) is 11.7 Å². The molecule has 1 aromatic heterocycles. The summed E-state index contributed by atoms with van der Waals surface area (Å²) in [5.41, 5.74) is 2.11. The quantitative estimate of drug-likeness (QED) is 0.427. The Morgan fingerprint density at radius 2 is 1.79 bits per heavy atom. The fourth-order valence-electron chi connectivity index (χ4n) is 3.64. The number of fused-ring (bicyclic) bond motifs is 3. The molecule has 0 saturated heterocycles. The first-order chi connectivity index (χ1) is 16.1. The minimum atomic E-state index is -0.317. The van der Waals surface area contributed by atoms with Crippen molar-refractivity contribution in [1.29, 1.82) is 0 Å². The first-order valence-electron chi connectivity index (χ1n) is 10.3. The Balaban J connectivity index is 1.45. The second-order valence-corrected chi connectivity index (χ2v) is 7.28. The number of benzene rings is 3. The maximum atomic E-state index is 13.1. The number of rotatable bonds is 5. The van der Waals surface area contributed by atoms with Gasteiger partial charge in [-0.25, -0.2) is 14.4 Å². The molecule has 1 amide bonds. The number of ether oxygens (including phenoxy) is 2. The van der Waals surface area contributed by atoms with Crippen molar-refractivity contribution in [2.75, 3.05) is 23.4 Å². The van der Waals surface area contributed by atoms with Crippen LogP contribution in [-0.4, -0.2) is 29.0 Å². The van der Waals surface area contributed by atoms with E-state index < -0.39 is 0 Å². The highest BCUT2D eigenvalue weighted by Crippen LogP contribution is 2.41. The van der Waals surface area contributed by atoms with Crippen LogP contribution in [0.15, 0.2) is 79.6 Å². The molecule has 8 heteroatoms. The maximum absolute atomic E-state index is 13.1. The molecule has 164 valence electrons. The summed E-state index contributed by atoms with van der Waals surface area (Å²) in [5, 5.41) is 3.98. The van der Waals surface area contributed by atoms with Gasteiger partial charge >= 0.3 is 0 Å². The normalized spacial score (nSPS) is 12.6. The number of nitrogens with one attached hydrogen (secondary N) is 1. The van der Waals surface area contributed by atoms with Crippen LogP contribution in [0.4, 0.5) is 21.6 Å². The number of carbonyl (C=O) groups excluding carboxylic acids is 1. The van der Waals surface area contributed by atoms with Crippen molar-refractivity contribution in [3.8, 4) is 17.2 Å². The summed E-state index contributed by atoms with van der Waals surface area (Å²) in [6, 6.07) is 16.8. The zero-order chi connectivity index (χ0) is 22.8. The van der Waals surface area contributed by atoms with Crippen LogP contribution in [0.25, 0.3) is 10.9 Å². The lowest BCUT2D eigenvalue weighted by atomic mass is 10.1. The van der Waals surface area contributed by atoms with E-state index in [2.05, 4.69) is 21.9 Å². The van der Waals surface area contributed by atoms with Crippen LogP contribution in [0.5, 0.6) is 17.2 Å². The predicted octanol–water partition coefficient (Wildman–Crippen LogP) is 5.22. The predicted molar refractivity (Wildman–Crippen MR) is 124 cm³/mol. The number of nitrogens with zero attached hydrogens (tertiary/aromatic N) is 3. The molecule has 1 aliphatic rings. The summed E-state index contributed by atoms with van der Waals surface area (Å²) in [6.45, 7) is 4.38. The van der Waals surface area contributed by atoms with Gasteiger partial charge < -0.3 is 19.7 Å².